The molecule has 1 unspecified atom stereocenters. The van der Waals surface area contributed by atoms with Crippen molar-refractivity contribution in [3.8, 4) is 5.75 Å². The topological polar surface area (TPSA) is 30.5 Å². The number of ether oxygens (including phenoxy) is 2. The van der Waals surface area contributed by atoms with Crippen LogP contribution in [0.15, 0.2) is 22.7 Å². The molecule has 0 radical (unpaired) electrons. The molecule has 0 fully saturated rings. The Bertz CT molecular complexity index is 441. The summed E-state index contributed by atoms with van der Waals surface area (Å²) in [6.45, 7) is 1.11. The molecule has 0 saturated carbocycles. The standard InChI is InChI=1S/C14H19BrF3NO2/c1-10(19-2)12-5-4-11(15)8-13(12)21-7-3-6-20-9-14(16,17)18/h4-5,8,10,19H,3,6-7,9H2,1-2H3. The van der Waals surface area contributed by atoms with Crippen LogP contribution in [-0.2, 0) is 4.74 Å². The summed E-state index contributed by atoms with van der Waals surface area (Å²) in [6.07, 6.45) is -3.88. The molecular formula is C14H19BrF3NO2. The van der Waals surface area contributed by atoms with E-state index in [2.05, 4.69) is 26.0 Å². The summed E-state index contributed by atoms with van der Waals surface area (Å²) in [5, 5.41) is 3.12. The van der Waals surface area contributed by atoms with Crippen LogP contribution in [0.25, 0.3) is 0 Å². The van der Waals surface area contributed by atoms with Gasteiger partial charge in [0.05, 0.1) is 13.2 Å². The zero-order valence-corrected chi connectivity index (χ0v) is 13.6. The van der Waals surface area contributed by atoms with Gasteiger partial charge in [0.2, 0.25) is 0 Å². The van der Waals surface area contributed by atoms with E-state index < -0.39 is 12.8 Å². The van der Waals surface area contributed by atoms with Gasteiger partial charge in [0.15, 0.2) is 0 Å². The molecule has 7 heteroatoms. The Balaban J connectivity index is 2.42. The number of alkyl halides is 3. The van der Waals surface area contributed by atoms with Gasteiger partial charge in [-0.05, 0) is 26.1 Å². The summed E-state index contributed by atoms with van der Waals surface area (Å²) in [4.78, 5) is 0. The zero-order chi connectivity index (χ0) is 15.9. The third-order valence-corrected chi connectivity index (χ3v) is 3.32. The van der Waals surface area contributed by atoms with Gasteiger partial charge in [0, 0.05) is 22.5 Å². The number of hydrogen-bond acceptors (Lipinski definition) is 3. The lowest BCUT2D eigenvalue weighted by Crippen LogP contribution is -2.18. The van der Waals surface area contributed by atoms with Crippen LogP contribution < -0.4 is 10.1 Å². The van der Waals surface area contributed by atoms with Crippen molar-refractivity contribution < 1.29 is 22.6 Å². The lowest BCUT2D eigenvalue weighted by Gasteiger charge is -2.17. The molecule has 0 aliphatic rings. The molecule has 120 valence electrons. The summed E-state index contributed by atoms with van der Waals surface area (Å²) in [5.74, 6) is 0.710. The molecule has 3 nitrogen and oxygen atoms in total. The van der Waals surface area contributed by atoms with Gasteiger partial charge in [0.1, 0.15) is 12.4 Å². The summed E-state index contributed by atoms with van der Waals surface area (Å²) >= 11 is 3.37. The molecule has 0 aliphatic carbocycles. The van der Waals surface area contributed by atoms with Crippen LogP contribution in [0.3, 0.4) is 0 Å². The second kappa shape index (κ2) is 8.60. The highest BCUT2D eigenvalue weighted by Gasteiger charge is 2.27. The summed E-state index contributed by atoms with van der Waals surface area (Å²) in [5.41, 5.74) is 0.997. The minimum absolute atomic E-state index is 0.0183. The molecule has 1 atom stereocenters. The van der Waals surface area contributed by atoms with E-state index in [0.717, 1.165) is 10.0 Å². The van der Waals surface area contributed by atoms with E-state index >= 15 is 0 Å². The first kappa shape index (κ1) is 18.3. The monoisotopic (exact) mass is 369 g/mol. The Morgan fingerprint density at radius 1 is 1.29 bits per heavy atom. The Kier molecular flexibility index (Phi) is 7.48. The molecule has 1 N–H and O–H groups in total. The third-order valence-electron chi connectivity index (χ3n) is 2.83. The van der Waals surface area contributed by atoms with Gasteiger partial charge in [-0.2, -0.15) is 13.2 Å². The number of nitrogens with one attached hydrogen (secondary N) is 1. The van der Waals surface area contributed by atoms with E-state index in [9.17, 15) is 13.2 Å². The molecule has 0 bridgehead atoms. The molecule has 1 aromatic rings. The molecule has 0 amide bonds. The van der Waals surface area contributed by atoms with Crippen LogP contribution in [0.4, 0.5) is 13.2 Å². The van der Waals surface area contributed by atoms with Crippen LogP contribution in [-0.4, -0.2) is 33.0 Å². The minimum atomic E-state index is -4.28. The van der Waals surface area contributed by atoms with Crippen LogP contribution in [0.2, 0.25) is 0 Å². The van der Waals surface area contributed by atoms with Crippen molar-refractivity contribution >= 4 is 15.9 Å². The average molecular weight is 370 g/mol. The lowest BCUT2D eigenvalue weighted by atomic mass is 10.1. The van der Waals surface area contributed by atoms with Gasteiger partial charge in [-0.3, -0.25) is 0 Å². The molecule has 21 heavy (non-hydrogen) atoms. The first-order valence-electron chi connectivity index (χ1n) is 6.57. The van der Waals surface area contributed by atoms with Gasteiger partial charge < -0.3 is 14.8 Å². The van der Waals surface area contributed by atoms with E-state index in [4.69, 9.17) is 4.74 Å². The third kappa shape index (κ3) is 7.15. The lowest BCUT2D eigenvalue weighted by molar-refractivity contribution is -0.174. The van der Waals surface area contributed by atoms with Crippen LogP contribution in [0.5, 0.6) is 5.75 Å². The maximum Gasteiger partial charge on any atom is 0.411 e. The van der Waals surface area contributed by atoms with Crippen LogP contribution in [0.1, 0.15) is 24.9 Å². The minimum Gasteiger partial charge on any atom is -0.493 e. The largest absolute Gasteiger partial charge is 0.493 e. The SMILES string of the molecule is CNC(C)c1ccc(Br)cc1OCCCOCC(F)(F)F. The van der Waals surface area contributed by atoms with E-state index in [1.165, 1.54) is 0 Å². The van der Waals surface area contributed by atoms with Crippen molar-refractivity contribution in [2.75, 3.05) is 26.9 Å². The molecule has 1 aromatic carbocycles. The van der Waals surface area contributed by atoms with Crippen LogP contribution >= 0.6 is 15.9 Å². The Hall–Kier alpha value is -0.790. The van der Waals surface area contributed by atoms with Gasteiger partial charge in [-0.25, -0.2) is 0 Å². The highest BCUT2D eigenvalue weighted by atomic mass is 79.9. The number of halogens is 4. The van der Waals surface area contributed by atoms with Crippen molar-refractivity contribution in [2.45, 2.75) is 25.6 Å². The van der Waals surface area contributed by atoms with Gasteiger partial charge in [-0.15, -0.1) is 0 Å². The number of benzene rings is 1. The predicted octanol–water partition coefficient (Wildman–Crippen LogP) is 4.08. The molecule has 0 saturated heterocycles. The van der Waals surface area contributed by atoms with Gasteiger partial charge >= 0.3 is 6.18 Å². The van der Waals surface area contributed by atoms with Crippen molar-refractivity contribution in [1.29, 1.82) is 0 Å². The van der Waals surface area contributed by atoms with Crippen molar-refractivity contribution in [1.82, 2.24) is 5.32 Å². The van der Waals surface area contributed by atoms with E-state index in [1.807, 2.05) is 32.2 Å². The molecule has 0 heterocycles. The average Bonchev–Trinajstić information content (AvgIpc) is 2.41. The number of hydrogen-bond donors (Lipinski definition) is 1. The van der Waals surface area contributed by atoms with Crippen molar-refractivity contribution in [3.63, 3.8) is 0 Å². The first-order chi connectivity index (χ1) is 9.83. The van der Waals surface area contributed by atoms with Crippen molar-refractivity contribution in [3.05, 3.63) is 28.2 Å². The second-order valence-electron chi connectivity index (χ2n) is 4.56. The number of rotatable bonds is 8. The smallest absolute Gasteiger partial charge is 0.411 e. The fourth-order valence-corrected chi connectivity index (χ4v) is 2.02. The van der Waals surface area contributed by atoms with E-state index in [-0.39, 0.29) is 12.6 Å². The fourth-order valence-electron chi connectivity index (χ4n) is 1.68. The molecule has 0 spiro atoms. The highest BCUT2D eigenvalue weighted by molar-refractivity contribution is 9.10. The summed E-state index contributed by atoms with van der Waals surface area (Å²) < 4.78 is 46.7. The normalized spacial score (nSPS) is 13.2. The highest BCUT2D eigenvalue weighted by Crippen LogP contribution is 2.28. The Morgan fingerprint density at radius 3 is 2.62 bits per heavy atom. The quantitative estimate of drug-likeness (QED) is 0.700. The zero-order valence-electron chi connectivity index (χ0n) is 12.0. The first-order valence-corrected chi connectivity index (χ1v) is 7.37. The van der Waals surface area contributed by atoms with Gasteiger partial charge in [-0.1, -0.05) is 22.0 Å². The van der Waals surface area contributed by atoms with Gasteiger partial charge in [0.25, 0.3) is 0 Å². The molecule has 0 aromatic heterocycles. The van der Waals surface area contributed by atoms with E-state index in [1.54, 1.807) is 0 Å². The van der Waals surface area contributed by atoms with Crippen molar-refractivity contribution in [2.24, 2.45) is 0 Å². The summed E-state index contributed by atoms with van der Waals surface area (Å²) in [7, 11) is 1.85. The summed E-state index contributed by atoms with van der Waals surface area (Å²) in [6, 6.07) is 5.83. The Labute approximate surface area is 130 Å². The molecule has 0 aliphatic heterocycles. The molecule has 1 rings (SSSR count). The Morgan fingerprint density at radius 2 is 2.00 bits per heavy atom. The second-order valence-corrected chi connectivity index (χ2v) is 5.48. The predicted molar refractivity (Wildman–Crippen MR) is 78.6 cm³/mol. The fraction of sp³-hybridized carbons (Fsp3) is 0.571. The van der Waals surface area contributed by atoms with E-state index in [0.29, 0.717) is 18.8 Å². The van der Waals surface area contributed by atoms with Crippen LogP contribution in [0, 0.1) is 0 Å². The maximum absolute atomic E-state index is 11.9. The maximum atomic E-state index is 11.9. The molecular weight excluding hydrogens is 351 g/mol.